The minimum absolute atomic E-state index is 0.393. The van der Waals surface area contributed by atoms with E-state index in [1.54, 1.807) is 0 Å². The van der Waals surface area contributed by atoms with Gasteiger partial charge in [0.2, 0.25) is 0 Å². The molecular weight excluding hydrogens is 148 g/mol. The number of rotatable bonds is 1. The van der Waals surface area contributed by atoms with Crippen LogP contribution in [-0.4, -0.2) is 5.11 Å². The maximum Gasteiger partial charge on any atom is 0.119 e. The molecule has 0 heterocycles. The van der Waals surface area contributed by atoms with Crippen LogP contribution in [0, 0.1) is 13.8 Å². The van der Waals surface area contributed by atoms with Gasteiger partial charge in [-0.15, -0.1) is 0 Å². The molecule has 0 saturated heterocycles. The Morgan fingerprint density at radius 3 is 2.08 bits per heavy atom. The van der Waals surface area contributed by atoms with Crippen molar-refractivity contribution < 1.29 is 5.11 Å². The first-order chi connectivity index (χ1) is 5.52. The lowest BCUT2D eigenvalue weighted by molar-refractivity contribution is 0.464. The Morgan fingerprint density at radius 2 is 1.58 bits per heavy atom. The lowest BCUT2D eigenvalue weighted by Gasteiger charge is -2.10. The van der Waals surface area contributed by atoms with E-state index in [1.165, 1.54) is 5.56 Å². The molecule has 0 bridgehead atoms. The van der Waals surface area contributed by atoms with Crippen LogP contribution in [0.15, 0.2) is 12.1 Å². The van der Waals surface area contributed by atoms with Crippen molar-refractivity contribution in [2.45, 2.75) is 33.6 Å². The van der Waals surface area contributed by atoms with Crippen LogP contribution in [0.1, 0.15) is 36.5 Å². The maximum absolute atomic E-state index is 9.59. The Kier molecular flexibility index (Phi) is 2.41. The predicted octanol–water partition coefficient (Wildman–Crippen LogP) is 3.13. The number of hydrogen-bond acceptors (Lipinski definition) is 1. The van der Waals surface area contributed by atoms with Crippen LogP contribution in [0.5, 0.6) is 5.75 Å². The standard InChI is InChI=1S/C11H16O/c1-7(2)10-5-8(3)9(4)6-11(10)12/h5-7,12H,1-4H3. The zero-order chi connectivity index (χ0) is 9.30. The Balaban J connectivity index is 3.23. The van der Waals surface area contributed by atoms with Crippen LogP contribution in [-0.2, 0) is 0 Å². The molecule has 66 valence electrons. The molecule has 0 saturated carbocycles. The summed E-state index contributed by atoms with van der Waals surface area (Å²) in [6, 6.07) is 3.90. The Morgan fingerprint density at radius 1 is 1.08 bits per heavy atom. The summed E-state index contributed by atoms with van der Waals surface area (Å²) in [5.74, 6) is 0.817. The molecule has 0 aromatic heterocycles. The highest BCUT2D eigenvalue weighted by Gasteiger charge is 2.06. The largest absolute Gasteiger partial charge is 0.508 e. The van der Waals surface area contributed by atoms with Gasteiger partial charge < -0.3 is 5.11 Å². The molecule has 12 heavy (non-hydrogen) atoms. The molecule has 0 amide bonds. The molecule has 0 fully saturated rings. The molecule has 1 rings (SSSR count). The van der Waals surface area contributed by atoms with Gasteiger partial charge in [-0.05, 0) is 42.5 Å². The van der Waals surface area contributed by atoms with Crippen molar-refractivity contribution in [3.63, 3.8) is 0 Å². The van der Waals surface area contributed by atoms with Crippen molar-refractivity contribution >= 4 is 0 Å². The Labute approximate surface area is 74.1 Å². The highest BCUT2D eigenvalue weighted by Crippen LogP contribution is 2.27. The first-order valence-electron chi connectivity index (χ1n) is 4.32. The zero-order valence-electron chi connectivity index (χ0n) is 8.18. The van der Waals surface area contributed by atoms with Gasteiger partial charge in [-0.2, -0.15) is 0 Å². The molecule has 0 atom stereocenters. The van der Waals surface area contributed by atoms with Crippen LogP contribution in [0.25, 0.3) is 0 Å². The molecule has 1 heteroatoms. The normalized spacial score (nSPS) is 10.8. The van der Waals surface area contributed by atoms with Crippen molar-refractivity contribution in [2.75, 3.05) is 0 Å². The fraction of sp³-hybridized carbons (Fsp3) is 0.455. The summed E-state index contributed by atoms with van der Waals surface area (Å²) in [7, 11) is 0. The summed E-state index contributed by atoms with van der Waals surface area (Å²) in [6.45, 7) is 8.26. The number of benzene rings is 1. The van der Waals surface area contributed by atoms with Gasteiger partial charge in [-0.25, -0.2) is 0 Å². The molecule has 1 aromatic carbocycles. The van der Waals surface area contributed by atoms with Crippen LogP contribution < -0.4 is 0 Å². The number of aryl methyl sites for hydroxylation is 2. The van der Waals surface area contributed by atoms with E-state index in [-0.39, 0.29) is 0 Å². The molecule has 0 spiro atoms. The van der Waals surface area contributed by atoms with E-state index >= 15 is 0 Å². The lowest BCUT2D eigenvalue weighted by Crippen LogP contribution is -1.91. The van der Waals surface area contributed by atoms with Crippen molar-refractivity contribution in [2.24, 2.45) is 0 Å². The van der Waals surface area contributed by atoms with Crippen LogP contribution in [0.3, 0.4) is 0 Å². The molecule has 1 N–H and O–H groups in total. The van der Waals surface area contributed by atoms with Gasteiger partial charge >= 0.3 is 0 Å². The highest BCUT2D eigenvalue weighted by molar-refractivity contribution is 5.42. The van der Waals surface area contributed by atoms with E-state index in [4.69, 9.17) is 0 Å². The number of aromatic hydroxyl groups is 1. The predicted molar refractivity (Wildman–Crippen MR) is 51.7 cm³/mol. The van der Waals surface area contributed by atoms with Crippen molar-refractivity contribution in [3.05, 3.63) is 28.8 Å². The van der Waals surface area contributed by atoms with Gasteiger partial charge in [-0.3, -0.25) is 0 Å². The van der Waals surface area contributed by atoms with Gasteiger partial charge in [0.15, 0.2) is 0 Å². The molecule has 0 aliphatic heterocycles. The van der Waals surface area contributed by atoms with E-state index < -0.39 is 0 Å². The molecule has 0 unspecified atom stereocenters. The molecule has 0 aliphatic carbocycles. The van der Waals surface area contributed by atoms with Crippen molar-refractivity contribution in [1.29, 1.82) is 0 Å². The van der Waals surface area contributed by atoms with Gasteiger partial charge in [0, 0.05) is 0 Å². The van der Waals surface area contributed by atoms with Crippen LogP contribution in [0.4, 0.5) is 0 Å². The van der Waals surface area contributed by atoms with E-state index in [0.29, 0.717) is 11.7 Å². The SMILES string of the molecule is Cc1cc(O)c(C(C)C)cc1C. The lowest BCUT2D eigenvalue weighted by atomic mass is 9.97. The third-order valence-corrected chi connectivity index (χ3v) is 2.27. The summed E-state index contributed by atoms with van der Waals surface area (Å²) in [6.07, 6.45) is 0. The second-order valence-electron chi connectivity index (χ2n) is 3.65. The first-order valence-corrected chi connectivity index (χ1v) is 4.32. The quantitative estimate of drug-likeness (QED) is 0.676. The average molecular weight is 164 g/mol. The summed E-state index contributed by atoms with van der Waals surface area (Å²) >= 11 is 0. The number of phenols is 1. The van der Waals surface area contributed by atoms with Crippen molar-refractivity contribution in [1.82, 2.24) is 0 Å². The molecule has 1 aromatic rings. The van der Waals surface area contributed by atoms with Crippen molar-refractivity contribution in [3.8, 4) is 5.75 Å². The second kappa shape index (κ2) is 3.18. The smallest absolute Gasteiger partial charge is 0.119 e. The monoisotopic (exact) mass is 164 g/mol. The topological polar surface area (TPSA) is 20.2 Å². The number of phenolic OH excluding ortho intramolecular Hbond substituents is 1. The zero-order valence-corrected chi connectivity index (χ0v) is 8.18. The summed E-state index contributed by atoms with van der Waals surface area (Å²) < 4.78 is 0. The van der Waals surface area contributed by atoms with Gasteiger partial charge in [0.25, 0.3) is 0 Å². The Hall–Kier alpha value is -0.980. The average Bonchev–Trinajstić information content (AvgIpc) is 1.96. The minimum atomic E-state index is 0.393. The first kappa shape index (κ1) is 9.11. The van der Waals surface area contributed by atoms with E-state index in [1.807, 2.05) is 13.0 Å². The van der Waals surface area contributed by atoms with E-state index in [0.717, 1.165) is 11.1 Å². The van der Waals surface area contributed by atoms with Gasteiger partial charge in [-0.1, -0.05) is 19.9 Å². The third-order valence-electron chi connectivity index (χ3n) is 2.27. The van der Waals surface area contributed by atoms with Gasteiger partial charge in [0.1, 0.15) is 5.75 Å². The third kappa shape index (κ3) is 1.60. The van der Waals surface area contributed by atoms with E-state index in [9.17, 15) is 5.11 Å². The maximum atomic E-state index is 9.59. The molecule has 1 nitrogen and oxygen atoms in total. The van der Waals surface area contributed by atoms with Crippen LogP contribution in [0.2, 0.25) is 0 Å². The molecule has 0 radical (unpaired) electrons. The van der Waals surface area contributed by atoms with Crippen LogP contribution >= 0.6 is 0 Å². The number of hydrogen-bond donors (Lipinski definition) is 1. The second-order valence-corrected chi connectivity index (χ2v) is 3.65. The molecular formula is C11H16O. The van der Waals surface area contributed by atoms with Gasteiger partial charge in [0.05, 0.1) is 0 Å². The minimum Gasteiger partial charge on any atom is -0.508 e. The highest BCUT2D eigenvalue weighted by atomic mass is 16.3. The summed E-state index contributed by atoms with van der Waals surface area (Å²) in [5, 5.41) is 9.59. The van der Waals surface area contributed by atoms with E-state index in [2.05, 4.69) is 26.8 Å². The molecule has 0 aliphatic rings. The fourth-order valence-corrected chi connectivity index (χ4v) is 1.29. The summed E-state index contributed by atoms with van der Waals surface area (Å²) in [5.41, 5.74) is 3.44. The fourth-order valence-electron chi connectivity index (χ4n) is 1.29. The summed E-state index contributed by atoms with van der Waals surface area (Å²) in [4.78, 5) is 0. The Bertz CT molecular complexity index is 287.